The Morgan fingerprint density at radius 2 is 2.30 bits per heavy atom. The van der Waals surface area contributed by atoms with E-state index >= 15 is 0 Å². The summed E-state index contributed by atoms with van der Waals surface area (Å²) in [5.41, 5.74) is 6.14. The van der Waals surface area contributed by atoms with Gasteiger partial charge in [0.2, 0.25) is 5.91 Å². The summed E-state index contributed by atoms with van der Waals surface area (Å²) < 4.78 is 14.5. The number of hydrogen-bond donors (Lipinski definition) is 1. The minimum Gasteiger partial charge on any atom is -0.335 e. The first kappa shape index (κ1) is 16.9. The molecule has 2 N–H and O–H groups in total. The molecule has 0 aromatic heterocycles. The minimum absolute atomic E-state index is 0.0212. The van der Waals surface area contributed by atoms with Crippen molar-refractivity contribution in [1.82, 2.24) is 4.90 Å². The van der Waals surface area contributed by atoms with Crippen LogP contribution in [0.5, 0.6) is 0 Å². The van der Waals surface area contributed by atoms with Gasteiger partial charge in [0.15, 0.2) is 0 Å². The van der Waals surface area contributed by atoms with E-state index in [2.05, 4.69) is 22.5 Å². The van der Waals surface area contributed by atoms with E-state index in [0.29, 0.717) is 24.9 Å². The number of amides is 1. The van der Waals surface area contributed by atoms with Crippen molar-refractivity contribution in [2.24, 2.45) is 5.73 Å². The maximum atomic E-state index is 13.7. The molecule has 1 unspecified atom stereocenters. The summed E-state index contributed by atoms with van der Waals surface area (Å²) in [4.78, 5) is 13.7. The van der Waals surface area contributed by atoms with Gasteiger partial charge in [-0.2, -0.15) is 0 Å². The quantitative estimate of drug-likeness (QED) is 0.773. The summed E-state index contributed by atoms with van der Waals surface area (Å²) in [6, 6.07) is 4.68. The first-order valence-corrected chi connectivity index (χ1v) is 7.31. The molecule has 20 heavy (non-hydrogen) atoms. The van der Waals surface area contributed by atoms with Gasteiger partial charge in [-0.3, -0.25) is 4.79 Å². The molecule has 0 heterocycles. The highest BCUT2D eigenvalue weighted by Gasteiger charge is 2.15. The lowest BCUT2D eigenvalue weighted by Crippen LogP contribution is -2.32. The third kappa shape index (κ3) is 5.43. The number of benzene rings is 1. The topological polar surface area (TPSA) is 46.3 Å². The standard InChI is InChI=1S/C15H20BrFN2O/c1-3-8-19(15(20)7-4-11(2)18)10-12-9-13(16)5-6-14(12)17/h3,5-6,9,11H,1,4,7-8,10,18H2,2H3. The number of halogens is 2. The van der Waals surface area contributed by atoms with Crippen molar-refractivity contribution >= 4 is 21.8 Å². The van der Waals surface area contributed by atoms with Crippen LogP contribution in [0.25, 0.3) is 0 Å². The Hall–Kier alpha value is -1.20. The molecule has 0 aliphatic rings. The molecular formula is C15H20BrFN2O. The highest BCUT2D eigenvalue weighted by molar-refractivity contribution is 9.10. The SMILES string of the molecule is C=CCN(Cc1cc(Br)ccc1F)C(=O)CCC(C)N. The third-order valence-electron chi connectivity index (χ3n) is 2.88. The Morgan fingerprint density at radius 1 is 1.60 bits per heavy atom. The van der Waals surface area contributed by atoms with Crippen LogP contribution in [0.1, 0.15) is 25.3 Å². The summed E-state index contributed by atoms with van der Waals surface area (Å²) in [5.74, 6) is -0.358. The zero-order valence-electron chi connectivity index (χ0n) is 11.6. The van der Waals surface area contributed by atoms with Crippen molar-refractivity contribution in [3.63, 3.8) is 0 Å². The van der Waals surface area contributed by atoms with Crippen molar-refractivity contribution in [3.05, 3.63) is 46.7 Å². The number of nitrogens with two attached hydrogens (primary N) is 1. The fourth-order valence-corrected chi connectivity index (χ4v) is 2.20. The molecule has 5 heteroatoms. The molecule has 0 fully saturated rings. The lowest BCUT2D eigenvalue weighted by Gasteiger charge is -2.22. The van der Waals surface area contributed by atoms with E-state index in [1.807, 2.05) is 6.92 Å². The first-order chi connectivity index (χ1) is 9.43. The van der Waals surface area contributed by atoms with Crippen molar-refractivity contribution in [1.29, 1.82) is 0 Å². The van der Waals surface area contributed by atoms with E-state index in [4.69, 9.17) is 5.73 Å². The van der Waals surface area contributed by atoms with Gasteiger partial charge in [-0.25, -0.2) is 4.39 Å². The van der Waals surface area contributed by atoms with Crippen LogP contribution in [0.2, 0.25) is 0 Å². The second-order valence-corrected chi connectivity index (χ2v) is 5.73. The highest BCUT2D eigenvalue weighted by atomic mass is 79.9. The van der Waals surface area contributed by atoms with Crippen LogP contribution < -0.4 is 5.73 Å². The number of carbonyl (C=O) groups is 1. The van der Waals surface area contributed by atoms with Crippen LogP contribution >= 0.6 is 15.9 Å². The maximum absolute atomic E-state index is 13.7. The van der Waals surface area contributed by atoms with E-state index < -0.39 is 0 Å². The summed E-state index contributed by atoms with van der Waals surface area (Å²) in [6.07, 6.45) is 2.62. The Bertz CT molecular complexity index is 477. The van der Waals surface area contributed by atoms with Gasteiger partial charge in [-0.05, 0) is 31.5 Å². The molecule has 0 radical (unpaired) electrons. The fourth-order valence-electron chi connectivity index (χ4n) is 1.79. The molecule has 1 amide bonds. The average molecular weight is 343 g/mol. The summed E-state index contributed by atoms with van der Waals surface area (Å²) in [7, 11) is 0. The van der Waals surface area contributed by atoms with Gasteiger partial charge < -0.3 is 10.6 Å². The number of rotatable bonds is 7. The lowest BCUT2D eigenvalue weighted by atomic mass is 10.1. The summed E-state index contributed by atoms with van der Waals surface area (Å²) >= 11 is 3.31. The molecule has 1 atom stereocenters. The molecule has 0 saturated heterocycles. The number of hydrogen-bond acceptors (Lipinski definition) is 2. The molecule has 0 aliphatic heterocycles. The van der Waals surface area contributed by atoms with Crippen LogP contribution in [0.15, 0.2) is 35.3 Å². The number of nitrogens with zero attached hydrogens (tertiary/aromatic N) is 1. The normalized spacial score (nSPS) is 12.0. The van der Waals surface area contributed by atoms with E-state index in [9.17, 15) is 9.18 Å². The third-order valence-corrected chi connectivity index (χ3v) is 3.38. The van der Waals surface area contributed by atoms with E-state index in [0.717, 1.165) is 4.47 Å². The molecule has 0 bridgehead atoms. The highest BCUT2D eigenvalue weighted by Crippen LogP contribution is 2.18. The van der Waals surface area contributed by atoms with Crippen LogP contribution in [-0.2, 0) is 11.3 Å². The molecule has 0 aliphatic carbocycles. The van der Waals surface area contributed by atoms with Gasteiger partial charge in [0.05, 0.1) is 0 Å². The average Bonchev–Trinajstić information content (AvgIpc) is 2.39. The van der Waals surface area contributed by atoms with Gasteiger partial charge in [0, 0.05) is 35.6 Å². The molecule has 3 nitrogen and oxygen atoms in total. The summed E-state index contributed by atoms with van der Waals surface area (Å²) in [5, 5.41) is 0. The van der Waals surface area contributed by atoms with Crippen molar-refractivity contribution in [3.8, 4) is 0 Å². The lowest BCUT2D eigenvalue weighted by molar-refractivity contribution is -0.131. The van der Waals surface area contributed by atoms with Gasteiger partial charge in [-0.1, -0.05) is 22.0 Å². The Morgan fingerprint density at radius 3 is 2.90 bits per heavy atom. The summed E-state index contributed by atoms with van der Waals surface area (Å²) in [6.45, 7) is 6.12. The van der Waals surface area contributed by atoms with Crippen LogP contribution in [-0.4, -0.2) is 23.4 Å². The second kappa shape index (κ2) is 8.17. The Kier molecular flexibility index (Phi) is 6.88. The van der Waals surface area contributed by atoms with Crippen molar-refractivity contribution in [2.75, 3.05) is 6.54 Å². The monoisotopic (exact) mass is 342 g/mol. The zero-order valence-corrected chi connectivity index (χ0v) is 13.2. The molecule has 110 valence electrons. The van der Waals surface area contributed by atoms with Gasteiger partial charge in [0.1, 0.15) is 5.82 Å². The smallest absolute Gasteiger partial charge is 0.223 e. The molecule has 0 spiro atoms. The van der Waals surface area contributed by atoms with Crippen molar-refractivity contribution < 1.29 is 9.18 Å². The van der Waals surface area contributed by atoms with Crippen LogP contribution in [0.4, 0.5) is 4.39 Å². The minimum atomic E-state index is -0.317. The van der Waals surface area contributed by atoms with Crippen LogP contribution in [0, 0.1) is 5.82 Å². The first-order valence-electron chi connectivity index (χ1n) is 6.52. The van der Waals surface area contributed by atoms with Crippen LogP contribution in [0.3, 0.4) is 0 Å². The van der Waals surface area contributed by atoms with Gasteiger partial charge >= 0.3 is 0 Å². The Balaban J connectivity index is 2.78. The predicted molar refractivity (Wildman–Crippen MR) is 82.6 cm³/mol. The van der Waals surface area contributed by atoms with E-state index in [1.54, 1.807) is 23.1 Å². The zero-order chi connectivity index (χ0) is 15.1. The van der Waals surface area contributed by atoms with Gasteiger partial charge in [0.25, 0.3) is 0 Å². The second-order valence-electron chi connectivity index (χ2n) is 4.81. The Labute approximate surface area is 127 Å². The molecule has 0 saturated carbocycles. The largest absolute Gasteiger partial charge is 0.335 e. The molecular weight excluding hydrogens is 323 g/mol. The van der Waals surface area contributed by atoms with Gasteiger partial charge in [-0.15, -0.1) is 6.58 Å². The molecule has 1 rings (SSSR count). The van der Waals surface area contributed by atoms with E-state index in [-0.39, 0.29) is 24.3 Å². The number of carbonyl (C=O) groups excluding carboxylic acids is 1. The predicted octanol–water partition coefficient (Wildman–Crippen LogP) is 3.23. The van der Waals surface area contributed by atoms with E-state index in [1.165, 1.54) is 6.07 Å². The molecule has 1 aromatic carbocycles. The fraction of sp³-hybridized carbons (Fsp3) is 0.400. The van der Waals surface area contributed by atoms with Crippen molar-refractivity contribution in [2.45, 2.75) is 32.4 Å². The maximum Gasteiger partial charge on any atom is 0.223 e. The molecule has 1 aromatic rings.